The number of amides is 2. The smallest absolute Gasteiger partial charge is 0.255 e. The highest BCUT2D eigenvalue weighted by atomic mass is 16.6. The highest BCUT2D eigenvalue weighted by Crippen LogP contribution is 2.32. The third kappa shape index (κ3) is 5.60. The van der Waals surface area contributed by atoms with Crippen LogP contribution in [0.3, 0.4) is 0 Å². The van der Waals surface area contributed by atoms with E-state index < -0.39 is 0 Å². The van der Waals surface area contributed by atoms with Gasteiger partial charge < -0.3 is 29.9 Å². The fourth-order valence-electron chi connectivity index (χ4n) is 5.61. The number of rotatable bonds is 6. The first-order valence-corrected chi connectivity index (χ1v) is 14.2. The molecule has 3 aromatic carbocycles. The third-order valence-electron chi connectivity index (χ3n) is 8.02. The Labute approximate surface area is 245 Å². The quantitative estimate of drug-likeness (QED) is 0.329. The molecule has 3 heterocycles. The highest BCUT2D eigenvalue weighted by Gasteiger charge is 2.25. The van der Waals surface area contributed by atoms with E-state index in [9.17, 15) is 9.59 Å². The van der Waals surface area contributed by atoms with Crippen LogP contribution in [-0.2, 0) is 0 Å². The Morgan fingerprint density at radius 2 is 1.64 bits per heavy atom. The van der Waals surface area contributed by atoms with E-state index in [0.29, 0.717) is 53.3 Å². The lowest BCUT2D eigenvalue weighted by molar-refractivity contribution is 0.101. The maximum atomic E-state index is 13.5. The van der Waals surface area contributed by atoms with Gasteiger partial charge in [-0.1, -0.05) is 6.07 Å². The van der Waals surface area contributed by atoms with Crippen molar-refractivity contribution in [2.24, 2.45) is 0 Å². The van der Waals surface area contributed by atoms with Gasteiger partial charge in [0, 0.05) is 58.9 Å². The number of likely N-dealkylation sites (N-methyl/N-ethyl adjacent to an activating group) is 2. The van der Waals surface area contributed by atoms with Crippen molar-refractivity contribution in [1.82, 2.24) is 9.88 Å². The van der Waals surface area contributed by atoms with Crippen LogP contribution in [0.25, 0.3) is 10.9 Å². The number of hydrogen-bond acceptors (Lipinski definition) is 7. The fourth-order valence-corrected chi connectivity index (χ4v) is 5.61. The molecule has 0 spiro atoms. The molecule has 216 valence electrons. The molecule has 0 bridgehead atoms. The summed E-state index contributed by atoms with van der Waals surface area (Å²) < 4.78 is 11.2. The first-order chi connectivity index (χ1) is 20.2. The zero-order valence-corrected chi connectivity index (χ0v) is 24.4. The average molecular weight is 566 g/mol. The van der Waals surface area contributed by atoms with Crippen LogP contribution in [0.5, 0.6) is 11.5 Å². The minimum atomic E-state index is -0.282. The number of carbonyl (C=O) groups is 2. The van der Waals surface area contributed by atoms with Crippen LogP contribution in [0, 0.1) is 13.8 Å². The Morgan fingerprint density at radius 3 is 2.43 bits per heavy atom. The van der Waals surface area contributed by atoms with Crippen LogP contribution >= 0.6 is 0 Å². The lowest BCUT2D eigenvalue weighted by Crippen LogP contribution is -2.34. The van der Waals surface area contributed by atoms with Gasteiger partial charge in [-0.05, 0) is 94.0 Å². The number of benzene rings is 3. The van der Waals surface area contributed by atoms with E-state index >= 15 is 0 Å². The van der Waals surface area contributed by atoms with E-state index in [2.05, 4.69) is 40.6 Å². The van der Waals surface area contributed by atoms with Gasteiger partial charge in [0.1, 0.15) is 13.2 Å². The summed E-state index contributed by atoms with van der Waals surface area (Å²) in [6, 6.07) is 18.7. The molecule has 2 amide bonds. The molecule has 1 fully saturated rings. The fraction of sp³-hybridized carbons (Fsp3) is 0.303. The van der Waals surface area contributed by atoms with Crippen molar-refractivity contribution < 1.29 is 19.1 Å². The molecular formula is C33H35N5O4. The summed E-state index contributed by atoms with van der Waals surface area (Å²) >= 11 is 0. The summed E-state index contributed by atoms with van der Waals surface area (Å²) in [5, 5.41) is 6.91. The topological polar surface area (TPSA) is 96.0 Å². The molecule has 1 saturated heterocycles. The number of pyridine rings is 1. The lowest BCUT2D eigenvalue weighted by atomic mass is 10.1. The normalized spacial score (nSPS) is 16.3. The number of carbonyl (C=O) groups excluding carboxylic acids is 2. The second-order valence-electron chi connectivity index (χ2n) is 11.1. The van der Waals surface area contributed by atoms with Crippen molar-refractivity contribution in [2.45, 2.75) is 26.3 Å². The van der Waals surface area contributed by atoms with Crippen LogP contribution in [0.1, 0.15) is 38.4 Å². The van der Waals surface area contributed by atoms with Crippen molar-refractivity contribution in [2.75, 3.05) is 55.9 Å². The van der Waals surface area contributed by atoms with E-state index in [0.717, 1.165) is 47.4 Å². The Balaban J connectivity index is 1.22. The molecule has 42 heavy (non-hydrogen) atoms. The van der Waals surface area contributed by atoms with E-state index in [-0.39, 0.29) is 11.8 Å². The van der Waals surface area contributed by atoms with Gasteiger partial charge in [0.25, 0.3) is 11.8 Å². The largest absolute Gasteiger partial charge is 0.486 e. The summed E-state index contributed by atoms with van der Waals surface area (Å²) in [5.74, 6) is 0.666. The first-order valence-electron chi connectivity index (χ1n) is 14.2. The molecular weight excluding hydrogens is 530 g/mol. The van der Waals surface area contributed by atoms with Crippen molar-refractivity contribution in [1.29, 1.82) is 0 Å². The second kappa shape index (κ2) is 11.3. The summed E-state index contributed by atoms with van der Waals surface area (Å²) in [4.78, 5) is 35.8. The third-order valence-corrected chi connectivity index (χ3v) is 8.02. The van der Waals surface area contributed by atoms with Gasteiger partial charge in [0.15, 0.2) is 11.5 Å². The van der Waals surface area contributed by atoms with Gasteiger partial charge in [-0.2, -0.15) is 0 Å². The van der Waals surface area contributed by atoms with Crippen molar-refractivity contribution in [3.05, 3.63) is 83.0 Å². The molecule has 4 aromatic rings. The van der Waals surface area contributed by atoms with Crippen molar-refractivity contribution in [3.8, 4) is 11.5 Å². The molecule has 0 saturated carbocycles. The number of hydrogen-bond donors (Lipinski definition) is 2. The van der Waals surface area contributed by atoms with Gasteiger partial charge in [0.2, 0.25) is 0 Å². The number of nitrogens with zero attached hydrogens (tertiary/aromatic N) is 3. The molecule has 9 nitrogen and oxygen atoms in total. The molecule has 2 aliphatic heterocycles. The number of anilines is 3. The predicted octanol–water partition coefficient (Wildman–Crippen LogP) is 5.27. The van der Waals surface area contributed by atoms with E-state index in [1.54, 1.807) is 30.3 Å². The first kappa shape index (κ1) is 27.5. The number of fused-ring (bicyclic) bond motifs is 2. The SMILES string of the molecule is Cc1cc(N(C)C2CCN(C)C2)c2cc(C(=O)Nc3cc(NC(=O)c4ccc5c(c4)OCCO5)ccc3C)ccc2n1. The van der Waals surface area contributed by atoms with Crippen LogP contribution < -0.4 is 25.0 Å². The summed E-state index contributed by atoms with van der Waals surface area (Å²) in [5.41, 5.74) is 5.94. The van der Waals surface area contributed by atoms with Crippen LogP contribution in [0.15, 0.2) is 60.7 Å². The molecule has 6 rings (SSSR count). The van der Waals surface area contributed by atoms with Crippen LogP contribution in [-0.4, -0.2) is 68.1 Å². The van der Waals surface area contributed by atoms with Gasteiger partial charge in [-0.15, -0.1) is 0 Å². The Morgan fingerprint density at radius 1 is 0.905 bits per heavy atom. The molecule has 1 atom stereocenters. The van der Waals surface area contributed by atoms with Gasteiger partial charge >= 0.3 is 0 Å². The monoisotopic (exact) mass is 565 g/mol. The molecule has 0 radical (unpaired) electrons. The minimum Gasteiger partial charge on any atom is -0.486 e. The van der Waals surface area contributed by atoms with Crippen molar-refractivity contribution >= 4 is 39.8 Å². The summed E-state index contributed by atoms with van der Waals surface area (Å²) in [7, 11) is 4.27. The number of likely N-dealkylation sites (tertiary alicyclic amines) is 1. The Bertz CT molecular complexity index is 1690. The average Bonchev–Trinajstić information content (AvgIpc) is 3.43. The Kier molecular flexibility index (Phi) is 7.43. The molecule has 2 N–H and O–H groups in total. The zero-order chi connectivity index (χ0) is 29.4. The molecule has 1 aromatic heterocycles. The standard InChI is InChI=1S/C33H35N5O4/c1-20-5-8-24(35-32(39)23-7-10-30-31(17-23)42-14-13-41-30)18-28(20)36-33(40)22-6-9-27-26(16-22)29(15-21(2)34-27)38(4)25-11-12-37(3)19-25/h5-10,15-18,25H,11-14,19H2,1-4H3,(H,35,39)(H,36,40). The van der Waals surface area contributed by atoms with E-state index in [1.165, 1.54) is 0 Å². The number of aromatic nitrogens is 1. The van der Waals surface area contributed by atoms with Crippen LogP contribution in [0.4, 0.5) is 17.1 Å². The number of aryl methyl sites for hydroxylation is 2. The summed E-state index contributed by atoms with van der Waals surface area (Å²) in [6.07, 6.45) is 1.09. The number of ether oxygens (including phenoxy) is 2. The van der Waals surface area contributed by atoms with E-state index in [4.69, 9.17) is 14.5 Å². The maximum Gasteiger partial charge on any atom is 0.255 e. The van der Waals surface area contributed by atoms with Gasteiger partial charge in [0.05, 0.1) is 5.52 Å². The molecule has 2 aliphatic rings. The van der Waals surface area contributed by atoms with Crippen LogP contribution in [0.2, 0.25) is 0 Å². The zero-order valence-electron chi connectivity index (χ0n) is 24.4. The Hall–Kier alpha value is -4.63. The van der Waals surface area contributed by atoms with E-state index in [1.807, 2.05) is 38.1 Å². The second-order valence-corrected chi connectivity index (χ2v) is 11.1. The molecule has 9 heteroatoms. The number of nitrogens with one attached hydrogen (secondary N) is 2. The lowest BCUT2D eigenvalue weighted by Gasteiger charge is -2.28. The van der Waals surface area contributed by atoms with Gasteiger partial charge in [-0.25, -0.2) is 0 Å². The minimum absolute atomic E-state index is 0.231. The predicted molar refractivity (Wildman–Crippen MR) is 165 cm³/mol. The summed E-state index contributed by atoms with van der Waals surface area (Å²) in [6.45, 7) is 6.92. The molecule has 0 aliphatic carbocycles. The highest BCUT2D eigenvalue weighted by molar-refractivity contribution is 6.09. The van der Waals surface area contributed by atoms with Crippen molar-refractivity contribution in [3.63, 3.8) is 0 Å². The molecule has 1 unspecified atom stereocenters. The van der Waals surface area contributed by atoms with Gasteiger partial charge in [-0.3, -0.25) is 14.6 Å². The maximum absolute atomic E-state index is 13.5.